The molecule has 120 valence electrons. The van der Waals surface area contributed by atoms with Crippen molar-refractivity contribution in [3.63, 3.8) is 0 Å². The predicted octanol–water partition coefficient (Wildman–Crippen LogP) is 0.691. The van der Waals surface area contributed by atoms with E-state index in [1.54, 1.807) is 12.3 Å². The Kier molecular flexibility index (Phi) is 3.82. The van der Waals surface area contributed by atoms with E-state index in [0.717, 1.165) is 11.3 Å². The van der Waals surface area contributed by atoms with Crippen LogP contribution in [0.5, 0.6) is 5.75 Å². The van der Waals surface area contributed by atoms with Gasteiger partial charge in [-0.1, -0.05) is 5.21 Å². The van der Waals surface area contributed by atoms with Gasteiger partial charge in [-0.3, -0.25) is 14.9 Å². The largest absolute Gasteiger partial charge is 0.495 e. The van der Waals surface area contributed by atoms with Gasteiger partial charge in [0.1, 0.15) is 17.5 Å². The van der Waals surface area contributed by atoms with E-state index in [-0.39, 0.29) is 23.0 Å². The van der Waals surface area contributed by atoms with Gasteiger partial charge in [0.15, 0.2) is 4.88 Å². The maximum Gasteiger partial charge on any atom is 0.349 e. The topological polar surface area (TPSA) is 123 Å². The quantitative estimate of drug-likeness (QED) is 0.787. The molecule has 1 aliphatic heterocycles. The van der Waals surface area contributed by atoms with Crippen molar-refractivity contribution in [2.24, 2.45) is 0 Å². The normalized spacial score (nSPS) is 17.9. The molecular formula is C13H12N4O5S. The number of carbonyl (C=O) groups is 3. The first-order valence-corrected chi connectivity index (χ1v) is 7.48. The van der Waals surface area contributed by atoms with Gasteiger partial charge in [0.25, 0.3) is 5.91 Å². The fourth-order valence-electron chi connectivity index (χ4n) is 2.28. The van der Waals surface area contributed by atoms with Crippen molar-refractivity contribution in [3.8, 4) is 16.3 Å². The average molecular weight is 336 g/mol. The van der Waals surface area contributed by atoms with Crippen molar-refractivity contribution in [3.05, 3.63) is 17.1 Å². The summed E-state index contributed by atoms with van der Waals surface area (Å²) in [5, 5.41) is 19.3. The maximum absolute atomic E-state index is 11.8. The maximum atomic E-state index is 11.8. The van der Waals surface area contributed by atoms with E-state index in [1.165, 1.54) is 11.8 Å². The van der Waals surface area contributed by atoms with Crippen LogP contribution in [-0.4, -0.2) is 45.0 Å². The second-order valence-electron chi connectivity index (χ2n) is 4.86. The van der Waals surface area contributed by atoms with Gasteiger partial charge in [-0.15, -0.1) is 16.4 Å². The van der Waals surface area contributed by atoms with Crippen LogP contribution in [0, 0.1) is 0 Å². The molecule has 0 bridgehead atoms. The summed E-state index contributed by atoms with van der Waals surface area (Å²) < 4.78 is 6.41. The molecule has 2 aromatic heterocycles. The highest BCUT2D eigenvalue weighted by Crippen LogP contribution is 2.35. The van der Waals surface area contributed by atoms with Crippen molar-refractivity contribution in [1.82, 2.24) is 20.3 Å². The van der Waals surface area contributed by atoms with Gasteiger partial charge < -0.3 is 9.84 Å². The number of amides is 2. The number of thiophene rings is 1. The van der Waals surface area contributed by atoms with Crippen LogP contribution < -0.4 is 10.1 Å². The Morgan fingerprint density at radius 1 is 1.52 bits per heavy atom. The second-order valence-corrected chi connectivity index (χ2v) is 5.92. The molecule has 3 rings (SSSR count). The highest BCUT2D eigenvalue weighted by atomic mass is 32.1. The van der Waals surface area contributed by atoms with Crippen LogP contribution in [0.25, 0.3) is 10.6 Å². The fraction of sp³-hybridized carbons (Fsp3) is 0.308. The molecule has 1 fully saturated rings. The molecule has 9 nitrogen and oxygen atoms in total. The molecule has 23 heavy (non-hydrogen) atoms. The van der Waals surface area contributed by atoms with Crippen LogP contribution in [0.15, 0.2) is 12.3 Å². The molecule has 1 saturated heterocycles. The van der Waals surface area contributed by atoms with Gasteiger partial charge in [0.05, 0.1) is 18.2 Å². The van der Waals surface area contributed by atoms with Gasteiger partial charge in [-0.2, -0.15) is 0 Å². The van der Waals surface area contributed by atoms with E-state index in [2.05, 4.69) is 15.6 Å². The van der Waals surface area contributed by atoms with E-state index in [9.17, 15) is 14.4 Å². The number of carboxylic acid groups (broad SMARTS) is 1. The third kappa shape index (κ3) is 2.80. The molecule has 2 amide bonds. The molecule has 2 N–H and O–H groups in total. The lowest BCUT2D eigenvalue weighted by Crippen LogP contribution is -2.41. The lowest BCUT2D eigenvalue weighted by Gasteiger charge is -2.20. The molecule has 1 atom stereocenters. The summed E-state index contributed by atoms with van der Waals surface area (Å²) in [5.41, 5.74) is 0.436. The lowest BCUT2D eigenvalue weighted by atomic mass is 10.1. The SMILES string of the molecule is COc1cc(-c2cn(C3CCC(=O)NC3=O)nn2)sc1C(=O)O. The number of piperidine rings is 1. The van der Waals surface area contributed by atoms with Gasteiger partial charge in [0.2, 0.25) is 5.91 Å². The third-order valence-corrected chi connectivity index (χ3v) is 4.53. The third-order valence-electron chi connectivity index (χ3n) is 3.40. The summed E-state index contributed by atoms with van der Waals surface area (Å²) >= 11 is 1.01. The van der Waals surface area contributed by atoms with Gasteiger partial charge in [0, 0.05) is 12.5 Å². The lowest BCUT2D eigenvalue weighted by molar-refractivity contribution is -0.136. The Bertz CT molecular complexity index is 796. The van der Waals surface area contributed by atoms with Crippen molar-refractivity contribution < 1.29 is 24.2 Å². The number of carboxylic acids is 1. The fourth-order valence-corrected chi connectivity index (χ4v) is 3.19. The van der Waals surface area contributed by atoms with E-state index >= 15 is 0 Å². The first-order chi connectivity index (χ1) is 11.0. The standard InChI is InChI=1S/C13H12N4O5S/c1-22-8-4-9(23-11(8)13(20)21)6-5-17(16-15-6)7-2-3-10(18)14-12(7)19/h4-5,7H,2-3H2,1H3,(H,20,21)(H,14,18,19). The summed E-state index contributed by atoms with van der Waals surface area (Å²) in [7, 11) is 1.39. The summed E-state index contributed by atoms with van der Waals surface area (Å²) in [5.74, 6) is -1.57. The molecular weight excluding hydrogens is 324 g/mol. The molecule has 10 heteroatoms. The smallest absolute Gasteiger partial charge is 0.349 e. The first kappa shape index (κ1) is 15.2. The molecule has 0 aliphatic carbocycles. The van der Waals surface area contributed by atoms with Crippen molar-refractivity contribution in [2.45, 2.75) is 18.9 Å². The van der Waals surface area contributed by atoms with Crippen LogP contribution in [0.1, 0.15) is 28.6 Å². The highest BCUT2D eigenvalue weighted by molar-refractivity contribution is 7.17. The van der Waals surface area contributed by atoms with Crippen LogP contribution >= 0.6 is 11.3 Å². The first-order valence-electron chi connectivity index (χ1n) is 6.66. The van der Waals surface area contributed by atoms with Gasteiger partial charge >= 0.3 is 5.97 Å². The molecule has 3 heterocycles. The number of rotatable bonds is 4. The van der Waals surface area contributed by atoms with Crippen LogP contribution in [0.3, 0.4) is 0 Å². The monoisotopic (exact) mass is 336 g/mol. The Morgan fingerprint density at radius 3 is 2.91 bits per heavy atom. The van der Waals surface area contributed by atoms with E-state index in [0.29, 0.717) is 17.0 Å². The number of hydrogen-bond donors (Lipinski definition) is 2. The summed E-state index contributed by atoms with van der Waals surface area (Å²) in [6.07, 6.45) is 2.14. The Labute approximate surface area is 133 Å². The number of carbonyl (C=O) groups excluding carboxylic acids is 2. The average Bonchev–Trinajstić information content (AvgIpc) is 3.13. The minimum atomic E-state index is -1.09. The van der Waals surface area contributed by atoms with E-state index in [4.69, 9.17) is 9.84 Å². The number of nitrogens with one attached hydrogen (secondary N) is 1. The molecule has 2 aromatic rings. The zero-order chi connectivity index (χ0) is 16.6. The summed E-state index contributed by atoms with van der Waals surface area (Å²) in [6.45, 7) is 0. The summed E-state index contributed by atoms with van der Waals surface area (Å²) in [4.78, 5) is 34.8. The van der Waals surface area contributed by atoms with Crippen molar-refractivity contribution in [1.29, 1.82) is 0 Å². The summed E-state index contributed by atoms with van der Waals surface area (Å²) in [6, 6.07) is 0.960. The minimum absolute atomic E-state index is 0.0676. The second kappa shape index (κ2) is 5.80. The minimum Gasteiger partial charge on any atom is -0.495 e. The Morgan fingerprint density at radius 2 is 2.30 bits per heavy atom. The van der Waals surface area contributed by atoms with E-state index < -0.39 is 17.9 Å². The number of aromatic carboxylic acids is 1. The number of imide groups is 1. The van der Waals surface area contributed by atoms with Crippen LogP contribution in [0.2, 0.25) is 0 Å². The zero-order valence-corrected chi connectivity index (χ0v) is 12.8. The predicted molar refractivity (Wildman–Crippen MR) is 78.3 cm³/mol. The number of nitrogens with zero attached hydrogens (tertiary/aromatic N) is 3. The van der Waals surface area contributed by atoms with Crippen LogP contribution in [-0.2, 0) is 9.59 Å². The Balaban J connectivity index is 1.89. The number of aromatic nitrogens is 3. The van der Waals surface area contributed by atoms with E-state index in [1.807, 2.05) is 0 Å². The number of methoxy groups -OCH3 is 1. The van der Waals surface area contributed by atoms with Gasteiger partial charge in [-0.05, 0) is 6.42 Å². The molecule has 0 radical (unpaired) electrons. The van der Waals surface area contributed by atoms with Crippen LogP contribution in [0.4, 0.5) is 0 Å². The zero-order valence-electron chi connectivity index (χ0n) is 12.0. The number of hydrogen-bond acceptors (Lipinski definition) is 7. The molecule has 0 saturated carbocycles. The molecule has 1 aliphatic rings. The Hall–Kier alpha value is -2.75. The van der Waals surface area contributed by atoms with Gasteiger partial charge in [-0.25, -0.2) is 9.48 Å². The number of ether oxygens (including phenoxy) is 1. The van der Waals surface area contributed by atoms with Crippen molar-refractivity contribution in [2.75, 3.05) is 7.11 Å². The van der Waals surface area contributed by atoms with Crippen molar-refractivity contribution >= 4 is 29.1 Å². The molecule has 0 spiro atoms. The highest BCUT2D eigenvalue weighted by Gasteiger charge is 2.29. The molecule has 1 unspecified atom stereocenters. The molecule has 0 aromatic carbocycles.